The van der Waals surface area contributed by atoms with Gasteiger partial charge in [0.15, 0.2) is 0 Å². The summed E-state index contributed by atoms with van der Waals surface area (Å²) in [6.45, 7) is 3.80. The van der Waals surface area contributed by atoms with Crippen LogP contribution in [-0.2, 0) is 4.74 Å². The average Bonchev–Trinajstić information content (AvgIpc) is 2.28. The first-order valence-electron chi connectivity index (χ1n) is 5.48. The number of carbonyl (C=O) groups excluding carboxylic acids is 1. The van der Waals surface area contributed by atoms with E-state index >= 15 is 0 Å². The van der Waals surface area contributed by atoms with Crippen LogP contribution in [0, 0.1) is 5.92 Å². The molecule has 5 heteroatoms. The number of nitrogens with two attached hydrogens (primary N) is 1. The van der Waals surface area contributed by atoms with Crippen molar-refractivity contribution < 1.29 is 14.6 Å². The van der Waals surface area contributed by atoms with Gasteiger partial charge in [-0.05, 0) is 25.7 Å². The number of aliphatic hydroxyl groups is 1. The van der Waals surface area contributed by atoms with Gasteiger partial charge in [0, 0.05) is 19.6 Å². The molecule has 1 aliphatic rings. The third kappa shape index (κ3) is 3.35. The molecule has 0 aromatic rings. The molecular weight excluding hydrogens is 196 g/mol. The van der Waals surface area contributed by atoms with Crippen LogP contribution in [0.3, 0.4) is 0 Å². The Morgan fingerprint density at radius 2 is 2.20 bits per heavy atom. The number of hydrogen-bond acceptors (Lipinski definition) is 4. The van der Waals surface area contributed by atoms with E-state index < -0.39 is 6.10 Å². The van der Waals surface area contributed by atoms with Crippen molar-refractivity contribution in [2.45, 2.75) is 25.9 Å². The molecule has 5 nitrogen and oxygen atoms in total. The second kappa shape index (κ2) is 5.92. The van der Waals surface area contributed by atoms with E-state index in [-0.39, 0.29) is 12.0 Å². The van der Waals surface area contributed by atoms with E-state index in [0.717, 1.165) is 12.8 Å². The van der Waals surface area contributed by atoms with Crippen molar-refractivity contribution in [2.75, 3.05) is 26.2 Å². The quantitative estimate of drug-likeness (QED) is 0.705. The van der Waals surface area contributed by atoms with Crippen molar-refractivity contribution in [3.8, 4) is 0 Å². The van der Waals surface area contributed by atoms with Gasteiger partial charge >= 0.3 is 6.09 Å². The molecule has 1 fully saturated rings. The van der Waals surface area contributed by atoms with E-state index in [4.69, 9.17) is 10.5 Å². The van der Waals surface area contributed by atoms with Crippen LogP contribution < -0.4 is 5.73 Å². The Labute approximate surface area is 90.2 Å². The van der Waals surface area contributed by atoms with Gasteiger partial charge in [0.05, 0.1) is 12.7 Å². The molecule has 1 rings (SSSR count). The van der Waals surface area contributed by atoms with Gasteiger partial charge in [-0.15, -0.1) is 0 Å². The van der Waals surface area contributed by atoms with Crippen molar-refractivity contribution in [3.63, 3.8) is 0 Å². The summed E-state index contributed by atoms with van der Waals surface area (Å²) < 4.78 is 4.90. The van der Waals surface area contributed by atoms with E-state index in [1.807, 2.05) is 0 Å². The third-order valence-corrected chi connectivity index (χ3v) is 2.85. The van der Waals surface area contributed by atoms with E-state index in [9.17, 15) is 9.90 Å². The predicted molar refractivity (Wildman–Crippen MR) is 56.4 cm³/mol. The molecule has 15 heavy (non-hydrogen) atoms. The maximum Gasteiger partial charge on any atom is 0.409 e. The average molecular weight is 216 g/mol. The summed E-state index contributed by atoms with van der Waals surface area (Å²) in [4.78, 5) is 13.0. The smallest absolute Gasteiger partial charge is 0.409 e. The van der Waals surface area contributed by atoms with Gasteiger partial charge in [0.2, 0.25) is 0 Å². The first-order chi connectivity index (χ1) is 7.19. The molecule has 88 valence electrons. The predicted octanol–water partition coefficient (Wildman–Crippen LogP) is 0.174. The lowest BCUT2D eigenvalue weighted by molar-refractivity contribution is 0.0529. The first kappa shape index (κ1) is 12.3. The lowest BCUT2D eigenvalue weighted by Gasteiger charge is -2.33. The van der Waals surface area contributed by atoms with Crippen molar-refractivity contribution >= 4 is 6.09 Å². The SMILES string of the molecule is CCOC(=O)N1CCC(C(O)CN)CC1. The zero-order valence-electron chi connectivity index (χ0n) is 9.19. The third-order valence-electron chi connectivity index (χ3n) is 2.85. The molecule has 0 radical (unpaired) electrons. The maximum atomic E-state index is 11.4. The Balaban J connectivity index is 2.32. The van der Waals surface area contributed by atoms with Gasteiger partial charge < -0.3 is 20.5 Å². The van der Waals surface area contributed by atoms with E-state index in [1.54, 1.807) is 11.8 Å². The van der Waals surface area contributed by atoms with Crippen LogP contribution in [0.4, 0.5) is 4.79 Å². The molecule has 0 bridgehead atoms. The number of rotatable bonds is 3. The number of piperidine rings is 1. The minimum Gasteiger partial charge on any atom is -0.450 e. The van der Waals surface area contributed by atoms with E-state index in [2.05, 4.69) is 0 Å². The number of aliphatic hydroxyl groups excluding tert-OH is 1. The summed E-state index contributed by atoms with van der Waals surface area (Å²) in [6.07, 6.45) is 0.918. The van der Waals surface area contributed by atoms with Crippen LogP contribution in [-0.4, -0.2) is 48.4 Å². The summed E-state index contributed by atoms with van der Waals surface area (Å²) in [5, 5.41) is 9.55. The van der Waals surface area contributed by atoms with Crippen molar-refractivity contribution in [2.24, 2.45) is 11.7 Å². The minimum atomic E-state index is -0.436. The molecule has 1 unspecified atom stereocenters. The Bertz CT molecular complexity index is 203. The van der Waals surface area contributed by atoms with Crippen molar-refractivity contribution in [1.29, 1.82) is 0 Å². The van der Waals surface area contributed by atoms with Crippen LogP contribution in [0.25, 0.3) is 0 Å². The molecule has 1 amide bonds. The Hall–Kier alpha value is -0.810. The van der Waals surface area contributed by atoms with Gasteiger partial charge in [0.1, 0.15) is 0 Å². The number of carbonyl (C=O) groups is 1. The molecule has 1 heterocycles. The van der Waals surface area contributed by atoms with Gasteiger partial charge in [-0.25, -0.2) is 4.79 Å². The van der Waals surface area contributed by atoms with Gasteiger partial charge in [-0.2, -0.15) is 0 Å². The lowest BCUT2D eigenvalue weighted by Crippen LogP contribution is -2.43. The van der Waals surface area contributed by atoms with Crippen molar-refractivity contribution in [3.05, 3.63) is 0 Å². The summed E-state index contributed by atoms with van der Waals surface area (Å²) in [7, 11) is 0. The Kier molecular flexibility index (Phi) is 4.84. The molecular formula is C10H20N2O3. The lowest BCUT2D eigenvalue weighted by atomic mass is 9.91. The fraction of sp³-hybridized carbons (Fsp3) is 0.900. The molecule has 0 spiro atoms. The number of likely N-dealkylation sites (tertiary alicyclic amines) is 1. The zero-order valence-corrected chi connectivity index (χ0v) is 9.19. The molecule has 1 aliphatic heterocycles. The summed E-state index contributed by atoms with van der Waals surface area (Å²) in [5.74, 6) is 0.223. The van der Waals surface area contributed by atoms with Gasteiger partial charge in [0.25, 0.3) is 0 Å². The van der Waals surface area contributed by atoms with Crippen molar-refractivity contribution in [1.82, 2.24) is 4.90 Å². The summed E-state index contributed by atoms with van der Waals surface area (Å²) in [5.41, 5.74) is 5.39. The standard InChI is InChI=1S/C10H20N2O3/c1-2-15-10(14)12-5-3-8(4-6-12)9(13)7-11/h8-9,13H,2-7,11H2,1H3. The molecule has 0 aromatic carbocycles. The highest BCUT2D eigenvalue weighted by molar-refractivity contribution is 5.67. The fourth-order valence-electron chi connectivity index (χ4n) is 1.87. The minimum absolute atomic E-state index is 0.223. The van der Waals surface area contributed by atoms with Crippen LogP contribution in [0.2, 0.25) is 0 Å². The number of amides is 1. The van der Waals surface area contributed by atoms with Gasteiger partial charge in [-0.3, -0.25) is 0 Å². The molecule has 3 N–H and O–H groups in total. The first-order valence-corrected chi connectivity index (χ1v) is 5.48. The van der Waals surface area contributed by atoms with Crippen LogP contribution in [0.15, 0.2) is 0 Å². The van der Waals surface area contributed by atoms with Crippen LogP contribution in [0.1, 0.15) is 19.8 Å². The second-order valence-corrected chi connectivity index (χ2v) is 3.83. The topological polar surface area (TPSA) is 75.8 Å². The monoisotopic (exact) mass is 216 g/mol. The zero-order chi connectivity index (χ0) is 11.3. The van der Waals surface area contributed by atoms with E-state index in [1.165, 1.54) is 0 Å². The number of ether oxygens (including phenoxy) is 1. The maximum absolute atomic E-state index is 11.4. The molecule has 0 aliphatic carbocycles. The molecule has 0 aromatic heterocycles. The highest BCUT2D eigenvalue weighted by atomic mass is 16.6. The highest BCUT2D eigenvalue weighted by Crippen LogP contribution is 2.20. The molecule has 0 saturated carbocycles. The Morgan fingerprint density at radius 1 is 1.60 bits per heavy atom. The normalized spacial score (nSPS) is 20.1. The summed E-state index contributed by atoms with van der Waals surface area (Å²) in [6, 6.07) is 0. The van der Waals surface area contributed by atoms with Crippen LogP contribution >= 0.6 is 0 Å². The summed E-state index contributed by atoms with van der Waals surface area (Å²) >= 11 is 0. The largest absolute Gasteiger partial charge is 0.450 e. The second-order valence-electron chi connectivity index (χ2n) is 3.83. The number of nitrogens with zero attached hydrogens (tertiary/aromatic N) is 1. The highest BCUT2D eigenvalue weighted by Gasteiger charge is 2.27. The van der Waals surface area contributed by atoms with E-state index in [0.29, 0.717) is 26.2 Å². The Morgan fingerprint density at radius 3 is 2.67 bits per heavy atom. The number of hydrogen-bond donors (Lipinski definition) is 2. The van der Waals surface area contributed by atoms with Crippen LogP contribution in [0.5, 0.6) is 0 Å². The molecule has 1 saturated heterocycles. The van der Waals surface area contributed by atoms with Gasteiger partial charge in [-0.1, -0.05) is 0 Å². The molecule has 1 atom stereocenters. The fourth-order valence-corrected chi connectivity index (χ4v) is 1.87.